The lowest BCUT2D eigenvalue weighted by atomic mass is 10.2. The van der Waals surface area contributed by atoms with Crippen molar-refractivity contribution < 1.29 is 4.74 Å². The summed E-state index contributed by atoms with van der Waals surface area (Å²) in [4.78, 5) is 6.76. The van der Waals surface area contributed by atoms with E-state index in [9.17, 15) is 0 Å². The third-order valence-corrected chi connectivity index (χ3v) is 4.51. The molecule has 2 aromatic carbocycles. The molecule has 0 aliphatic rings. The van der Waals surface area contributed by atoms with Gasteiger partial charge in [-0.3, -0.25) is 0 Å². The molecule has 0 aliphatic heterocycles. The smallest absolute Gasteiger partial charge is 0.279 e. The summed E-state index contributed by atoms with van der Waals surface area (Å²) in [5, 5.41) is 0.680. The summed E-state index contributed by atoms with van der Waals surface area (Å²) in [7, 11) is 2.11. The van der Waals surface area contributed by atoms with E-state index in [1.807, 2.05) is 30.3 Å². The van der Waals surface area contributed by atoms with Crippen LogP contribution in [0.4, 0.5) is 0 Å². The Labute approximate surface area is 140 Å². The number of nitrogens with two attached hydrogens (primary N) is 1. The lowest BCUT2D eigenvalue weighted by Crippen LogP contribution is -2.21. The Hall–Kier alpha value is -1.95. The lowest BCUT2D eigenvalue weighted by Gasteiger charge is -2.16. The fourth-order valence-corrected chi connectivity index (χ4v) is 3.25. The van der Waals surface area contributed by atoms with E-state index >= 15 is 0 Å². The van der Waals surface area contributed by atoms with Gasteiger partial charge in [-0.2, -0.15) is 0 Å². The highest BCUT2D eigenvalue weighted by atomic mass is 32.1. The number of rotatable bonds is 7. The molecular formula is C18H21N3OS. The molecule has 4 nitrogen and oxygen atoms in total. The van der Waals surface area contributed by atoms with Gasteiger partial charge in [-0.25, -0.2) is 4.98 Å². The van der Waals surface area contributed by atoms with Crippen LogP contribution in [0, 0.1) is 0 Å². The van der Waals surface area contributed by atoms with Crippen molar-refractivity contribution in [2.75, 3.05) is 20.1 Å². The summed E-state index contributed by atoms with van der Waals surface area (Å²) in [6.07, 6.45) is 1.02. The van der Waals surface area contributed by atoms with E-state index in [0.717, 1.165) is 42.0 Å². The number of fused-ring (bicyclic) bond motifs is 1. The highest BCUT2D eigenvalue weighted by Gasteiger charge is 2.06. The van der Waals surface area contributed by atoms with Gasteiger partial charge in [0, 0.05) is 6.54 Å². The molecule has 0 radical (unpaired) electrons. The Balaban J connectivity index is 1.62. The highest BCUT2D eigenvalue weighted by Crippen LogP contribution is 2.31. The topological polar surface area (TPSA) is 51.4 Å². The molecule has 0 aliphatic carbocycles. The molecular weight excluding hydrogens is 306 g/mol. The summed E-state index contributed by atoms with van der Waals surface area (Å²) in [6.45, 7) is 2.67. The van der Waals surface area contributed by atoms with E-state index < -0.39 is 0 Å². The molecule has 1 aromatic heterocycles. The van der Waals surface area contributed by atoms with Crippen molar-refractivity contribution >= 4 is 21.6 Å². The normalized spacial score (nSPS) is 11.3. The maximum atomic E-state index is 5.87. The Morgan fingerprint density at radius 1 is 1.13 bits per heavy atom. The fourth-order valence-electron chi connectivity index (χ4n) is 2.41. The standard InChI is InChI=1S/C18H21N3OS/c1-21(12-4-11-19)13-14-7-9-15(10-8-14)22-18-20-16-5-2-3-6-17(16)23-18/h2-3,5-10H,4,11-13,19H2,1H3. The van der Waals surface area contributed by atoms with Gasteiger partial charge < -0.3 is 15.4 Å². The second-order valence-corrected chi connectivity index (χ2v) is 6.57. The molecule has 120 valence electrons. The molecule has 0 bridgehead atoms. The third kappa shape index (κ3) is 4.28. The van der Waals surface area contributed by atoms with Crippen LogP contribution in [-0.4, -0.2) is 30.0 Å². The van der Waals surface area contributed by atoms with E-state index in [0.29, 0.717) is 5.19 Å². The lowest BCUT2D eigenvalue weighted by molar-refractivity contribution is 0.324. The second kappa shape index (κ2) is 7.55. The molecule has 23 heavy (non-hydrogen) atoms. The van der Waals surface area contributed by atoms with Crippen LogP contribution in [0.15, 0.2) is 48.5 Å². The van der Waals surface area contributed by atoms with Crippen LogP contribution in [0.3, 0.4) is 0 Å². The molecule has 1 heterocycles. The van der Waals surface area contributed by atoms with Crippen molar-refractivity contribution in [3.8, 4) is 10.9 Å². The van der Waals surface area contributed by atoms with Crippen LogP contribution in [0.25, 0.3) is 10.2 Å². The number of thiazole rings is 1. The van der Waals surface area contributed by atoms with Crippen LogP contribution in [0.2, 0.25) is 0 Å². The summed E-state index contributed by atoms with van der Waals surface area (Å²) in [5.41, 5.74) is 7.79. The van der Waals surface area contributed by atoms with Gasteiger partial charge in [0.05, 0.1) is 10.2 Å². The van der Waals surface area contributed by atoms with E-state index in [-0.39, 0.29) is 0 Å². The molecule has 2 N–H and O–H groups in total. The molecule has 5 heteroatoms. The highest BCUT2D eigenvalue weighted by molar-refractivity contribution is 7.20. The largest absolute Gasteiger partial charge is 0.431 e. The fraction of sp³-hybridized carbons (Fsp3) is 0.278. The first-order valence-corrected chi connectivity index (χ1v) is 8.57. The quantitative estimate of drug-likeness (QED) is 0.716. The Kier molecular flexibility index (Phi) is 5.23. The van der Waals surface area contributed by atoms with Crippen LogP contribution < -0.4 is 10.5 Å². The number of hydrogen-bond donors (Lipinski definition) is 1. The first-order valence-electron chi connectivity index (χ1n) is 7.75. The van der Waals surface area contributed by atoms with E-state index in [1.54, 1.807) is 11.3 Å². The molecule has 0 amide bonds. The summed E-state index contributed by atoms with van der Waals surface area (Å²) >= 11 is 1.56. The predicted molar refractivity (Wildman–Crippen MR) is 96.1 cm³/mol. The number of ether oxygens (including phenoxy) is 1. The van der Waals surface area contributed by atoms with E-state index in [2.05, 4.69) is 35.1 Å². The van der Waals surface area contributed by atoms with Gasteiger partial charge >= 0.3 is 0 Å². The van der Waals surface area contributed by atoms with Gasteiger partial charge in [0.15, 0.2) is 0 Å². The summed E-state index contributed by atoms with van der Waals surface area (Å²) in [5.74, 6) is 0.817. The summed E-state index contributed by atoms with van der Waals surface area (Å²) < 4.78 is 7.00. The average Bonchev–Trinajstić information content (AvgIpc) is 2.97. The molecule has 3 rings (SSSR count). The SMILES string of the molecule is CN(CCCN)Cc1ccc(Oc2nc3ccccc3s2)cc1. The van der Waals surface area contributed by atoms with Crippen LogP contribution in [-0.2, 0) is 6.54 Å². The van der Waals surface area contributed by atoms with Gasteiger partial charge in [0.1, 0.15) is 5.75 Å². The predicted octanol–water partition coefficient (Wildman–Crippen LogP) is 3.87. The first kappa shape index (κ1) is 15.9. The number of aromatic nitrogens is 1. The number of benzene rings is 2. The monoisotopic (exact) mass is 327 g/mol. The zero-order valence-corrected chi connectivity index (χ0v) is 14.1. The summed E-state index contributed by atoms with van der Waals surface area (Å²) in [6, 6.07) is 16.3. The molecule has 3 aromatic rings. The van der Waals surface area contributed by atoms with Crippen LogP contribution >= 0.6 is 11.3 Å². The van der Waals surface area contributed by atoms with Gasteiger partial charge in [0.2, 0.25) is 0 Å². The zero-order valence-electron chi connectivity index (χ0n) is 13.2. The van der Waals surface area contributed by atoms with Crippen molar-refractivity contribution in [1.82, 2.24) is 9.88 Å². The minimum atomic E-state index is 0.680. The second-order valence-electron chi connectivity index (χ2n) is 5.57. The Morgan fingerprint density at radius 3 is 2.65 bits per heavy atom. The van der Waals surface area contributed by atoms with Gasteiger partial charge in [-0.1, -0.05) is 35.6 Å². The van der Waals surface area contributed by atoms with Crippen molar-refractivity contribution in [2.45, 2.75) is 13.0 Å². The Bertz CT molecular complexity index is 721. The minimum Gasteiger partial charge on any atom is -0.431 e. The van der Waals surface area contributed by atoms with Crippen molar-refractivity contribution in [3.63, 3.8) is 0 Å². The molecule has 0 spiro atoms. The van der Waals surface area contributed by atoms with E-state index in [1.165, 1.54) is 5.56 Å². The maximum Gasteiger partial charge on any atom is 0.279 e. The Morgan fingerprint density at radius 2 is 1.91 bits per heavy atom. The van der Waals surface area contributed by atoms with Gasteiger partial charge in [0.25, 0.3) is 5.19 Å². The zero-order chi connectivity index (χ0) is 16.1. The first-order chi connectivity index (χ1) is 11.2. The molecule has 0 saturated heterocycles. The number of para-hydroxylation sites is 1. The van der Waals surface area contributed by atoms with Gasteiger partial charge in [-0.05, 0) is 56.4 Å². The van der Waals surface area contributed by atoms with Crippen LogP contribution in [0.5, 0.6) is 10.9 Å². The maximum absolute atomic E-state index is 5.87. The van der Waals surface area contributed by atoms with E-state index in [4.69, 9.17) is 10.5 Å². The minimum absolute atomic E-state index is 0.680. The van der Waals surface area contributed by atoms with Gasteiger partial charge in [-0.15, -0.1) is 0 Å². The van der Waals surface area contributed by atoms with Crippen molar-refractivity contribution in [2.24, 2.45) is 5.73 Å². The van der Waals surface area contributed by atoms with Crippen molar-refractivity contribution in [1.29, 1.82) is 0 Å². The van der Waals surface area contributed by atoms with Crippen LogP contribution in [0.1, 0.15) is 12.0 Å². The molecule has 0 unspecified atom stereocenters. The average molecular weight is 327 g/mol. The molecule has 0 fully saturated rings. The molecule has 0 atom stereocenters. The third-order valence-electron chi connectivity index (χ3n) is 3.60. The number of nitrogens with zero attached hydrogens (tertiary/aromatic N) is 2. The van der Waals surface area contributed by atoms with Crippen molar-refractivity contribution in [3.05, 3.63) is 54.1 Å². The number of hydrogen-bond acceptors (Lipinski definition) is 5. The molecule has 0 saturated carbocycles.